The van der Waals surface area contributed by atoms with Gasteiger partial charge in [0.05, 0.1) is 4.92 Å². The van der Waals surface area contributed by atoms with Crippen molar-refractivity contribution in [3.05, 3.63) is 50.7 Å². The zero-order valence-corrected chi connectivity index (χ0v) is 13.8. The monoisotopic (exact) mass is 348 g/mol. The number of hydrogen-bond donors (Lipinski definition) is 0. The molecule has 1 unspecified atom stereocenters. The molecule has 1 atom stereocenters. The third-order valence-electron chi connectivity index (χ3n) is 4.16. The lowest BCUT2D eigenvalue weighted by molar-refractivity contribution is -0.433. The van der Waals surface area contributed by atoms with E-state index in [4.69, 9.17) is 22.8 Å². The van der Waals surface area contributed by atoms with E-state index in [9.17, 15) is 10.1 Å². The van der Waals surface area contributed by atoms with E-state index in [2.05, 4.69) is 10.9 Å². The lowest BCUT2D eigenvalue weighted by atomic mass is 10.1. The summed E-state index contributed by atoms with van der Waals surface area (Å²) in [5.74, 6) is 3.08. The van der Waals surface area contributed by atoms with Gasteiger partial charge in [-0.15, -0.1) is 6.42 Å². The molecule has 1 saturated heterocycles. The van der Waals surface area contributed by atoms with Crippen LogP contribution in [0.5, 0.6) is 0 Å². The molecule has 8 heteroatoms. The Bertz CT molecular complexity index is 698. The molecule has 0 aliphatic carbocycles. The lowest BCUT2D eigenvalue weighted by Gasteiger charge is -2.34. The van der Waals surface area contributed by atoms with Crippen molar-refractivity contribution >= 4 is 11.6 Å². The fourth-order valence-electron chi connectivity index (χ4n) is 3.14. The first kappa shape index (κ1) is 16.6. The highest BCUT2D eigenvalue weighted by Crippen LogP contribution is 2.34. The fraction of sp³-hybridized carbons (Fsp3) is 0.438. The number of hydrogen-bond acceptors (Lipinski definition) is 6. The average molecular weight is 349 g/mol. The largest absolute Gasteiger partial charge is 0.347 e. The van der Waals surface area contributed by atoms with Crippen molar-refractivity contribution < 1.29 is 9.66 Å². The van der Waals surface area contributed by atoms with Gasteiger partial charge in [-0.05, 0) is 11.6 Å². The molecule has 0 amide bonds. The maximum absolute atomic E-state index is 11.5. The first-order valence-electron chi connectivity index (χ1n) is 7.64. The van der Waals surface area contributed by atoms with Gasteiger partial charge in [0.1, 0.15) is 18.0 Å². The van der Waals surface area contributed by atoms with Crippen molar-refractivity contribution in [3.8, 4) is 12.3 Å². The van der Waals surface area contributed by atoms with Gasteiger partial charge in [-0.25, -0.2) is 4.98 Å². The van der Waals surface area contributed by atoms with Gasteiger partial charge in [0.2, 0.25) is 0 Å². The van der Waals surface area contributed by atoms with E-state index in [-0.39, 0.29) is 23.5 Å². The second-order valence-electron chi connectivity index (χ2n) is 5.64. The summed E-state index contributed by atoms with van der Waals surface area (Å²) in [5.41, 5.74) is 1.18. The summed E-state index contributed by atoms with van der Waals surface area (Å²) >= 11 is 5.81. The van der Waals surface area contributed by atoms with Crippen LogP contribution in [0.4, 0.5) is 0 Å². The number of pyridine rings is 1. The van der Waals surface area contributed by atoms with Gasteiger partial charge in [-0.3, -0.25) is 10.1 Å². The molecule has 24 heavy (non-hydrogen) atoms. The van der Waals surface area contributed by atoms with Crippen LogP contribution in [0.1, 0.15) is 18.4 Å². The van der Waals surface area contributed by atoms with E-state index in [1.807, 2.05) is 15.9 Å². The van der Waals surface area contributed by atoms with Crippen molar-refractivity contribution in [1.82, 2.24) is 14.8 Å². The Labute approximate surface area is 145 Å². The third kappa shape index (κ3) is 3.30. The van der Waals surface area contributed by atoms with Crippen molar-refractivity contribution in [2.45, 2.75) is 25.6 Å². The van der Waals surface area contributed by atoms with Crippen LogP contribution in [0.2, 0.25) is 5.15 Å². The number of fused-ring (bicyclic) bond motifs is 1. The molecule has 0 aromatic carbocycles. The molecule has 1 aromatic rings. The molecule has 3 heterocycles. The minimum Gasteiger partial charge on any atom is -0.347 e. The third-order valence-corrected chi connectivity index (χ3v) is 4.38. The van der Waals surface area contributed by atoms with Crippen LogP contribution >= 0.6 is 11.6 Å². The van der Waals surface area contributed by atoms with Crippen LogP contribution in [0.15, 0.2) is 29.8 Å². The zero-order chi connectivity index (χ0) is 17.1. The Morgan fingerprint density at radius 3 is 3.00 bits per heavy atom. The van der Waals surface area contributed by atoms with Gasteiger partial charge >= 0.3 is 0 Å². The summed E-state index contributed by atoms with van der Waals surface area (Å²) in [6.07, 6.45) is 7.66. The van der Waals surface area contributed by atoms with E-state index in [1.165, 1.54) is 0 Å². The van der Waals surface area contributed by atoms with Crippen LogP contribution in [0.25, 0.3) is 0 Å². The van der Waals surface area contributed by atoms with Crippen LogP contribution in [0, 0.1) is 22.5 Å². The minimum absolute atomic E-state index is 0.198. The molecular formula is C16H17ClN4O3. The first-order chi connectivity index (χ1) is 11.6. The Morgan fingerprint density at radius 1 is 1.50 bits per heavy atom. The second-order valence-corrected chi connectivity index (χ2v) is 6.03. The molecule has 0 radical (unpaired) electrons. The van der Waals surface area contributed by atoms with Crippen LogP contribution in [0.3, 0.4) is 0 Å². The molecule has 1 aromatic heterocycles. The van der Waals surface area contributed by atoms with Crippen LogP contribution in [-0.4, -0.2) is 45.6 Å². The number of halogens is 1. The second kappa shape index (κ2) is 7.07. The number of allylic oxidation sites excluding steroid dienone is 1. The Kier molecular flexibility index (Phi) is 4.88. The maximum atomic E-state index is 11.5. The molecule has 1 fully saturated rings. The molecule has 2 aliphatic heterocycles. The summed E-state index contributed by atoms with van der Waals surface area (Å²) in [6.45, 7) is 2.09. The minimum atomic E-state index is -0.293. The summed E-state index contributed by atoms with van der Waals surface area (Å²) < 4.78 is 5.66. The van der Waals surface area contributed by atoms with Crippen LogP contribution < -0.4 is 0 Å². The van der Waals surface area contributed by atoms with Crippen LogP contribution in [-0.2, 0) is 11.3 Å². The first-order valence-corrected chi connectivity index (χ1v) is 8.02. The van der Waals surface area contributed by atoms with Crippen molar-refractivity contribution in [2.24, 2.45) is 0 Å². The normalized spacial score (nSPS) is 20.1. The van der Waals surface area contributed by atoms with E-state index < -0.39 is 0 Å². The van der Waals surface area contributed by atoms with Gasteiger partial charge in [0.15, 0.2) is 5.82 Å². The van der Waals surface area contributed by atoms with E-state index in [1.54, 1.807) is 12.3 Å². The molecular weight excluding hydrogens is 332 g/mol. The lowest BCUT2D eigenvalue weighted by Crippen LogP contribution is -2.40. The molecule has 0 saturated carbocycles. The molecule has 2 aliphatic rings. The number of terminal acetylenes is 1. The van der Waals surface area contributed by atoms with E-state index >= 15 is 0 Å². The average Bonchev–Trinajstić information content (AvgIpc) is 2.98. The number of aromatic nitrogens is 1. The standard InChI is InChI=1S/C16H17ClN4O3/c1-2-9-24-15-6-4-13(21(22)23)16-19(7-8-20(15)16)11-12-3-5-14(17)18-10-12/h1,3,5,10,15H,4,6-9,11H2. The fourth-order valence-corrected chi connectivity index (χ4v) is 3.26. The molecule has 3 rings (SSSR count). The topological polar surface area (TPSA) is 71.7 Å². The number of nitro groups is 1. The van der Waals surface area contributed by atoms with Gasteiger partial charge in [-0.1, -0.05) is 23.6 Å². The summed E-state index contributed by atoms with van der Waals surface area (Å²) in [5, 5.41) is 11.9. The molecule has 126 valence electrons. The maximum Gasteiger partial charge on any atom is 0.286 e. The predicted molar refractivity (Wildman–Crippen MR) is 88.2 cm³/mol. The number of rotatable bonds is 5. The molecule has 0 bridgehead atoms. The Morgan fingerprint density at radius 2 is 2.33 bits per heavy atom. The van der Waals surface area contributed by atoms with E-state index in [0.29, 0.717) is 43.4 Å². The highest BCUT2D eigenvalue weighted by atomic mass is 35.5. The smallest absolute Gasteiger partial charge is 0.286 e. The number of ether oxygens (including phenoxy) is 1. The van der Waals surface area contributed by atoms with Crippen molar-refractivity contribution in [1.29, 1.82) is 0 Å². The van der Waals surface area contributed by atoms with E-state index in [0.717, 1.165) is 5.56 Å². The predicted octanol–water partition coefficient (Wildman–Crippen LogP) is 2.07. The SMILES string of the molecule is C#CCOC1CCC([N+](=O)[O-])=C2N(Cc3ccc(Cl)nc3)CCN21. The molecule has 0 N–H and O–H groups in total. The Balaban J connectivity index is 1.85. The highest BCUT2D eigenvalue weighted by Gasteiger charge is 2.41. The summed E-state index contributed by atoms with van der Waals surface area (Å²) in [6, 6.07) is 3.59. The van der Waals surface area contributed by atoms with Gasteiger partial charge in [0.25, 0.3) is 5.70 Å². The number of nitrogens with zero attached hydrogens (tertiary/aromatic N) is 4. The zero-order valence-electron chi connectivity index (χ0n) is 13.0. The van der Waals surface area contributed by atoms with Gasteiger partial charge in [-0.2, -0.15) is 0 Å². The van der Waals surface area contributed by atoms with Crippen molar-refractivity contribution in [3.63, 3.8) is 0 Å². The highest BCUT2D eigenvalue weighted by molar-refractivity contribution is 6.29. The molecule has 7 nitrogen and oxygen atoms in total. The summed E-state index contributed by atoms with van der Waals surface area (Å²) in [4.78, 5) is 19.2. The summed E-state index contributed by atoms with van der Waals surface area (Å²) in [7, 11) is 0. The quantitative estimate of drug-likeness (QED) is 0.351. The van der Waals surface area contributed by atoms with Gasteiger partial charge in [0, 0.05) is 38.7 Å². The van der Waals surface area contributed by atoms with Crippen molar-refractivity contribution in [2.75, 3.05) is 19.7 Å². The Hall–Kier alpha value is -2.30. The molecule has 0 spiro atoms. The van der Waals surface area contributed by atoms with Gasteiger partial charge < -0.3 is 14.5 Å².